The van der Waals surface area contributed by atoms with Gasteiger partial charge in [-0.1, -0.05) is 44.9 Å². The lowest BCUT2D eigenvalue weighted by Gasteiger charge is -2.23. The quantitative estimate of drug-likeness (QED) is 0.672. The van der Waals surface area contributed by atoms with E-state index in [9.17, 15) is 0 Å². The summed E-state index contributed by atoms with van der Waals surface area (Å²) in [5.41, 5.74) is 3.35. The molecule has 1 saturated carbocycles. The molecule has 0 bridgehead atoms. The third-order valence-corrected chi connectivity index (χ3v) is 3.51. The molecule has 1 heterocycles. The molecule has 1 aromatic carbocycles. The number of hydrogen-bond donors (Lipinski definition) is 1. The molecule has 1 N–H and O–H groups in total. The highest BCUT2D eigenvalue weighted by molar-refractivity contribution is 5.59. The minimum Gasteiger partial charge on any atom is -0.379 e. The fourth-order valence-electron chi connectivity index (χ4n) is 2.84. The van der Waals surface area contributed by atoms with Gasteiger partial charge in [0.1, 0.15) is 0 Å². The van der Waals surface area contributed by atoms with Crippen molar-refractivity contribution in [2.75, 3.05) is 5.32 Å². The fraction of sp³-hybridized carbons (Fsp3) is 0.571. The molecular weight excluding hydrogens is 182 g/mol. The second-order valence-electron chi connectivity index (χ2n) is 4.45. The van der Waals surface area contributed by atoms with Crippen LogP contribution < -0.4 is 5.32 Å². The maximum absolute atomic E-state index is 3.71. The second kappa shape index (κ2) is 4.26. The van der Waals surface area contributed by atoms with E-state index < -0.39 is 0 Å². The smallest absolute Gasteiger partial charge is 0.0414 e. The zero-order valence-electron chi connectivity index (χ0n) is 9.84. The summed E-state index contributed by atoms with van der Waals surface area (Å²) >= 11 is 0. The Hall–Kier alpha value is -0.980. The van der Waals surface area contributed by atoms with Crippen LogP contribution in [0.25, 0.3) is 0 Å². The molecule has 0 unspecified atom stereocenters. The summed E-state index contributed by atoms with van der Waals surface area (Å²) in [6, 6.07) is 8.74. The van der Waals surface area contributed by atoms with E-state index in [1.807, 2.05) is 13.8 Å². The lowest BCUT2D eigenvalue weighted by molar-refractivity contribution is 0.501. The number of para-hydroxylation sites is 1. The van der Waals surface area contributed by atoms with Crippen molar-refractivity contribution in [3.05, 3.63) is 29.8 Å². The summed E-state index contributed by atoms with van der Waals surface area (Å²) < 4.78 is 0. The van der Waals surface area contributed by atoms with E-state index >= 15 is 0 Å². The van der Waals surface area contributed by atoms with Crippen molar-refractivity contribution in [3.63, 3.8) is 0 Å². The molecule has 1 nitrogen and oxygen atoms in total. The summed E-state index contributed by atoms with van der Waals surface area (Å²) in [5, 5.41) is 3.71. The normalized spacial score (nSPS) is 20.4. The summed E-state index contributed by atoms with van der Waals surface area (Å²) in [4.78, 5) is 0. The zero-order valence-corrected chi connectivity index (χ0v) is 9.84. The number of benzene rings is 1. The Morgan fingerprint density at radius 3 is 2.40 bits per heavy atom. The molecule has 2 aliphatic rings. The van der Waals surface area contributed by atoms with E-state index in [0.29, 0.717) is 5.54 Å². The molecule has 15 heavy (non-hydrogen) atoms. The zero-order chi connectivity index (χ0) is 10.7. The van der Waals surface area contributed by atoms with E-state index in [1.165, 1.54) is 43.4 Å². The number of nitrogens with one attached hydrogen (secondary N) is 1. The third-order valence-electron chi connectivity index (χ3n) is 3.51. The summed E-state index contributed by atoms with van der Waals surface area (Å²) in [6.07, 6.45) is 6.79. The van der Waals surface area contributed by atoms with Crippen molar-refractivity contribution in [1.29, 1.82) is 0 Å². The van der Waals surface area contributed by atoms with Gasteiger partial charge in [-0.25, -0.2) is 0 Å². The molecule has 1 aliphatic carbocycles. The molecule has 0 aromatic heterocycles. The van der Waals surface area contributed by atoms with Crippen LogP contribution in [0, 0.1) is 0 Å². The minimum absolute atomic E-state index is 0.448. The van der Waals surface area contributed by atoms with Crippen LogP contribution in [0.2, 0.25) is 0 Å². The Bertz CT molecular complexity index is 297. The average Bonchev–Trinajstić information content (AvgIpc) is 2.88. The van der Waals surface area contributed by atoms with E-state index in [-0.39, 0.29) is 0 Å². The topological polar surface area (TPSA) is 12.0 Å². The predicted octanol–water partition coefficient (Wildman–Crippen LogP) is 3.99. The molecule has 1 aromatic rings. The fourth-order valence-corrected chi connectivity index (χ4v) is 2.84. The van der Waals surface area contributed by atoms with Crippen LogP contribution in [0.15, 0.2) is 24.3 Å². The monoisotopic (exact) mass is 203 g/mol. The third kappa shape index (κ3) is 1.88. The van der Waals surface area contributed by atoms with Gasteiger partial charge in [0.2, 0.25) is 0 Å². The van der Waals surface area contributed by atoms with Gasteiger partial charge in [-0.05, 0) is 30.9 Å². The molecule has 1 aliphatic heterocycles. The molecule has 3 rings (SSSR count). The first-order valence-electron chi connectivity index (χ1n) is 6.24. The van der Waals surface area contributed by atoms with Crippen molar-refractivity contribution in [2.24, 2.45) is 0 Å². The summed E-state index contributed by atoms with van der Waals surface area (Å²) in [7, 11) is 0. The first-order chi connectivity index (χ1) is 7.38. The van der Waals surface area contributed by atoms with Gasteiger partial charge in [0.05, 0.1) is 0 Å². The Morgan fingerprint density at radius 1 is 1.07 bits per heavy atom. The maximum Gasteiger partial charge on any atom is 0.0414 e. The van der Waals surface area contributed by atoms with Crippen LogP contribution in [-0.4, -0.2) is 5.54 Å². The Morgan fingerprint density at radius 2 is 1.73 bits per heavy atom. The molecule has 1 fully saturated rings. The first kappa shape index (κ1) is 10.5. The highest BCUT2D eigenvalue weighted by atomic mass is 15.0. The summed E-state index contributed by atoms with van der Waals surface area (Å²) in [6.45, 7) is 4.00. The van der Waals surface area contributed by atoms with Crippen molar-refractivity contribution >= 4 is 5.69 Å². The van der Waals surface area contributed by atoms with Crippen molar-refractivity contribution in [2.45, 2.75) is 51.5 Å². The van der Waals surface area contributed by atoms with Gasteiger partial charge in [-0.2, -0.15) is 0 Å². The highest BCUT2D eigenvalue weighted by Crippen LogP contribution is 2.42. The van der Waals surface area contributed by atoms with Crippen LogP contribution in [0.5, 0.6) is 0 Å². The lowest BCUT2D eigenvalue weighted by Crippen LogP contribution is -2.31. The molecule has 0 radical (unpaired) electrons. The van der Waals surface area contributed by atoms with Crippen LogP contribution in [0.1, 0.15) is 45.1 Å². The molecule has 0 saturated heterocycles. The first-order valence-corrected chi connectivity index (χ1v) is 6.24. The molecular formula is C14H21N. The van der Waals surface area contributed by atoms with Crippen molar-refractivity contribution in [3.8, 4) is 0 Å². The maximum atomic E-state index is 3.71. The van der Waals surface area contributed by atoms with Gasteiger partial charge in [0.15, 0.2) is 0 Å². The average molecular weight is 203 g/mol. The van der Waals surface area contributed by atoms with Crippen LogP contribution in [0.3, 0.4) is 0 Å². The number of anilines is 1. The van der Waals surface area contributed by atoms with Gasteiger partial charge in [-0.3, -0.25) is 0 Å². The van der Waals surface area contributed by atoms with Gasteiger partial charge < -0.3 is 5.32 Å². The SMILES string of the molecule is CC.c1ccc2c(c1)CC1(CCCC1)N2. The number of fused-ring (bicyclic) bond motifs is 1. The van der Waals surface area contributed by atoms with E-state index in [4.69, 9.17) is 0 Å². The highest BCUT2D eigenvalue weighted by Gasteiger charge is 2.38. The molecule has 0 amide bonds. The van der Waals surface area contributed by atoms with Gasteiger partial charge >= 0.3 is 0 Å². The Balaban J connectivity index is 0.000000404. The number of rotatable bonds is 0. The van der Waals surface area contributed by atoms with E-state index in [2.05, 4.69) is 29.6 Å². The van der Waals surface area contributed by atoms with Crippen molar-refractivity contribution < 1.29 is 0 Å². The summed E-state index contributed by atoms with van der Waals surface area (Å²) in [5.74, 6) is 0. The van der Waals surface area contributed by atoms with Crippen molar-refractivity contribution in [1.82, 2.24) is 0 Å². The predicted molar refractivity (Wildman–Crippen MR) is 66.3 cm³/mol. The second-order valence-corrected chi connectivity index (χ2v) is 4.45. The van der Waals surface area contributed by atoms with Gasteiger partial charge in [-0.15, -0.1) is 0 Å². The van der Waals surface area contributed by atoms with Crippen LogP contribution in [-0.2, 0) is 6.42 Å². The van der Waals surface area contributed by atoms with Crippen LogP contribution in [0.4, 0.5) is 5.69 Å². The van der Waals surface area contributed by atoms with E-state index in [0.717, 1.165) is 0 Å². The largest absolute Gasteiger partial charge is 0.379 e. The Kier molecular flexibility index (Phi) is 2.99. The molecule has 0 atom stereocenters. The van der Waals surface area contributed by atoms with Crippen LogP contribution >= 0.6 is 0 Å². The number of hydrogen-bond acceptors (Lipinski definition) is 1. The standard InChI is InChI=1S/C12H15N.C2H6/c1-2-6-11-10(5-1)9-12(13-11)7-3-4-8-12;1-2/h1-2,5-6,13H,3-4,7-9H2;1-2H3. The van der Waals surface area contributed by atoms with Gasteiger partial charge in [0, 0.05) is 11.2 Å². The van der Waals surface area contributed by atoms with E-state index in [1.54, 1.807) is 0 Å². The molecule has 82 valence electrons. The molecule has 1 spiro atoms. The minimum atomic E-state index is 0.448. The lowest BCUT2D eigenvalue weighted by atomic mass is 9.94. The molecule has 1 heteroatoms. The Labute approximate surface area is 92.9 Å². The van der Waals surface area contributed by atoms with Gasteiger partial charge in [0.25, 0.3) is 0 Å².